The molecule has 1 aromatic carbocycles. The highest BCUT2D eigenvalue weighted by molar-refractivity contribution is 9.10. The van der Waals surface area contributed by atoms with E-state index in [1.165, 1.54) is 0 Å². The normalized spacial score (nSPS) is 10.9. The Kier molecular flexibility index (Phi) is 5.23. The number of carbonyl (C=O) groups excluding carboxylic acids is 1. The monoisotopic (exact) mass is 305 g/mol. The first-order valence-corrected chi connectivity index (χ1v) is 6.05. The Morgan fingerprint density at radius 2 is 2.33 bits per heavy atom. The molecule has 0 fully saturated rings. The molecular weight excluding hydrogens is 294 g/mol. The van der Waals surface area contributed by atoms with Gasteiger partial charge in [0.1, 0.15) is 6.04 Å². The number of benzene rings is 1. The van der Waals surface area contributed by atoms with Gasteiger partial charge in [-0.2, -0.15) is 5.26 Å². The second kappa shape index (κ2) is 6.68. The van der Waals surface area contributed by atoms with Gasteiger partial charge in [0.2, 0.25) is 5.91 Å². The molecule has 0 radical (unpaired) electrons. The third-order valence-corrected chi connectivity index (χ3v) is 2.88. The van der Waals surface area contributed by atoms with Crippen molar-refractivity contribution in [2.75, 3.05) is 11.9 Å². The lowest BCUT2D eigenvalue weighted by Crippen LogP contribution is -2.37. The average Bonchev–Trinajstić information content (AvgIpc) is 2.38. The van der Waals surface area contributed by atoms with Gasteiger partial charge >= 0.3 is 0 Å². The Balaban J connectivity index is 2.71. The number of nitrogens with zero attached hydrogens (tertiary/aromatic N) is 1. The minimum absolute atomic E-state index is 0.177. The third-order valence-electron chi connectivity index (χ3n) is 2.23. The third kappa shape index (κ3) is 3.80. The number of hydrogen-bond donors (Lipinski definition) is 2. The van der Waals surface area contributed by atoms with Gasteiger partial charge in [-0.05, 0) is 41.1 Å². The molecule has 0 saturated heterocycles. The number of nitrogens with one attached hydrogen (secondary N) is 2. The van der Waals surface area contributed by atoms with Gasteiger partial charge in [-0.25, -0.2) is 0 Å². The van der Waals surface area contributed by atoms with E-state index in [0.717, 1.165) is 10.2 Å². The number of hydrogen-bond acceptors (Lipinski definition) is 3. The van der Waals surface area contributed by atoms with Gasteiger partial charge in [0, 0.05) is 10.2 Å². The summed E-state index contributed by atoms with van der Waals surface area (Å²) in [4.78, 5) is 11.6. The van der Waals surface area contributed by atoms with Crippen molar-refractivity contribution in [3.63, 3.8) is 0 Å². The molecule has 0 saturated carbocycles. The first kappa shape index (κ1) is 14.1. The van der Waals surface area contributed by atoms with Crippen LogP contribution in [0, 0.1) is 23.7 Å². The second-order valence-electron chi connectivity index (χ2n) is 3.59. The summed E-state index contributed by atoms with van der Waals surface area (Å²) in [5, 5.41) is 14.4. The molecule has 0 bridgehead atoms. The molecule has 5 heteroatoms. The van der Waals surface area contributed by atoms with Gasteiger partial charge in [0.15, 0.2) is 0 Å². The predicted octanol–water partition coefficient (Wildman–Crippen LogP) is 1.87. The Hall–Kier alpha value is -1.98. The van der Waals surface area contributed by atoms with Crippen LogP contribution in [0.2, 0.25) is 0 Å². The minimum atomic E-state index is -0.414. The van der Waals surface area contributed by atoms with Crippen LogP contribution in [0.5, 0.6) is 0 Å². The van der Waals surface area contributed by atoms with Crippen LogP contribution in [-0.2, 0) is 4.79 Å². The standard InChI is InChI=1S/C13H12BrN3O/c1-3-6-16-13(18)9(2)17-12-5-4-10(8-15)7-11(12)14/h1,4-5,7,9,17H,6H2,2H3,(H,16,18). The smallest absolute Gasteiger partial charge is 0.242 e. The van der Waals surface area contributed by atoms with Crippen molar-refractivity contribution in [3.05, 3.63) is 28.2 Å². The summed E-state index contributed by atoms with van der Waals surface area (Å²) in [5.74, 6) is 2.16. The second-order valence-corrected chi connectivity index (χ2v) is 4.45. The van der Waals surface area contributed by atoms with Crippen molar-refractivity contribution in [1.29, 1.82) is 5.26 Å². The zero-order valence-corrected chi connectivity index (χ0v) is 11.4. The molecule has 1 atom stereocenters. The maximum atomic E-state index is 11.6. The Morgan fingerprint density at radius 1 is 1.61 bits per heavy atom. The summed E-state index contributed by atoms with van der Waals surface area (Å²) in [6.45, 7) is 1.94. The van der Waals surface area contributed by atoms with E-state index in [4.69, 9.17) is 11.7 Å². The first-order valence-electron chi connectivity index (χ1n) is 5.26. The van der Waals surface area contributed by atoms with Gasteiger partial charge in [-0.3, -0.25) is 4.79 Å². The van der Waals surface area contributed by atoms with Crippen LogP contribution >= 0.6 is 15.9 Å². The van der Waals surface area contributed by atoms with Gasteiger partial charge < -0.3 is 10.6 Å². The van der Waals surface area contributed by atoms with Crippen molar-refractivity contribution in [1.82, 2.24) is 5.32 Å². The van der Waals surface area contributed by atoms with E-state index in [2.05, 4.69) is 32.5 Å². The number of nitriles is 1. The maximum absolute atomic E-state index is 11.6. The van der Waals surface area contributed by atoms with Crippen LogP contribution in [0.3, 0.4) is 0 Å². The zero-order valence-electron chi connectivity index (χ0n) is 9.83. The number of carbonyl (C=O) groups is 1. The SMILES string of the molecule is C#CCNC(=O)C(C)Nc1ccc(C#N)cc1Br. The zero-order chi connectivity index (χ0) is 13.5. The van der Waals surface area contributed by atoms with E-state index < -0.39 is 6.04 Å². The van der Waals surface area contributed by atoms with Crippen LogP contribution < -0.4 is 10.6 Å². The fourth-order valence-electron chi connectivity index (χ4n) is 1.29. The van der Waals surface area contributed by atoms with Gasteiger partial charge in [-0.15, -0.1) is 6.42 Å². The quantitative estimate of drug-likeness (QED) is 0.835. The van der Waals surface area contributed by atoms with E-state index in [1.807, 2.05) is 6.07 Å². The molecule has 18 heavy (non-hydrogen) atoms. The van der Waals surface area contributed by atoms with E-state index >= 15 is 0 Å². The molecule has 1 unspecified atom stereocenters. The lowest BCUT2D eigenvalue weighted by atomic mass is 10.2. The summed E-state index contributed by atoms with van der Waals surface area (Å²) in [6, 6.07) is 6.74. The number of halogens is 1. The minimum Gasteiger partial charge on any atom is -0.373 e. The Morgan fingerprint density at radius 3 is 2.89 bits per heavy atom. The molecule has 0 aliphatic heterocycles. The van der Waals surface area contributed by atoms with Crippen molar-refractivity contribution in [3.8, 4) is 18.4 Å². The summed E-state index contributed by atoms with van der Waals surface area (Å²) in [6.07, 6.45) is 5.06. The number of rotatable bonds is 4. The lowest BCUT2D eigenvalue weighted by molar-refractivity contribution is -0.121. The van der Waals surface area contributed by atoms with E-state index in [9.17, 15) is 4.79 Å². The molecule has 2 N–H and O–H groups in total. The fourth-order valence-corrected chi connectivity index (χ4v) is 1.79. The van der Waals surface area contributed by atoms with Crippen molar-refractivity contribution in [2.45, 2.75) is 13.0 Å². The van der Waals surface area contributed by atoms with Crippen molar-refractivity contribution < 1.29 is 4.79 Å². The van der Waals surface area contributed by atoms with E-state index in [-0.39, 0.29) is 12.5 Å². The molecule has 92 valence electrons. The molecule has 0 spiro atoms. The van der Waals surface area contributed by atoms with Crippen molar-refractivity contribution >= 4 is 27.5 Å². The Labute approximate surface area is 115 Å². The van der Waals surface area contributed by atoms with Gasteiger partial charge in [-0.1, -0.05) is 5.92 Å². The summed E-state index contributed by atoms with van der Waals surface area (Å²) < 4.78 is 0.734. The highest BCUT2D eigenvalue weighted by atomic mass is 79.9. The van der Waals surface area contributed by atoms with E-state index in [0.29, 0.717) is 5.56 Å². The topological polar surface area (TPSA) is 64.9 Å². The van der Waals surface area contributed by atoms with Crippen LogP contribution in [0.15, 0.2) is 22.7 Å². The first-order chi connectivity index (χ1) is 8.58. The predicted molar refractivity (Wildman–Crippen MR) is 73.8 cm³/mol. The molecule has 0 heterocycles. The number of anilines is 1. The van der Waals surface area contributed by atoms with Crippen LogP contribution in [0.4, 0.5) is 5.69 Å². The highest BCUT2D eigenvalue weighted by Gasteiger charge is 2.12. The lowest BCUT2D eigenvalue weighted by Gasteiger charge is -2.15. The summed E-state index contributed by atoms with van der Waals surface area (Å²) in [7, 11) is 0. The summed E-state index contributed by atoms with van der Waals surface area (Å²) >= 11 is 3.34. The highest BCUT2D eigenvalue weighted by Crippen LogP contribution is 2.23. The Bertz CT molecular complexity index is 528. The molecule has 0 aromatic heterocycles. The van der Waals surface area contributed by atoms with Crippen LogP contribution in [0.1, 0.15) is 12.5 Å². The fraction of sp³-hybridized carbons (Fsp3) is 0.231. The molecule has 1 aromatic rings. The van der Waals surface area contributed by atoms with Crippen LogP contribution in [-0.4, -0.2) is 18.5 Å². The molecular formula is C13H12BrN3O. The molecule has 0 aliphatic rings. The molecule has 4 nitrogen and oxygen atoms in total. The maximum Gasteiger partial charge on any atom is 0.242 e. The average molecular weight is 306 g/mol. The number of terminal acetylenes is 1. The van der Waals surface area contributed by atoms with Crippen LogP contribution in [0.25, 0.3) is 0 Å². The van der Waals surface area contributed by atoms with Gasteiger partial charge in [0.05, 0.1) is 18.2 Å². The largest absolute Gasteiger partial charge is 0.373 e. The van der Waals surface area contributed by atoms with E-state index in [1.54, 1.807) is 25.1 Å². The molecule has 1 amide bonds. The molecule has 0 aliphatic carbocycles. The molecule has 1 rings (SSSR count). The number of amides is 1. The summed E-state index contributed by atoms with van der Waals surface area (Å²) in [5.41, 5.74) is 1.30. The van der Waals surface area contributed by atoms with Gasteiger partial charge in [0.25, 0.3) is 0 Å². The van der Waals surface area contributed by atoms with Crippen molar-refractivity contribution in [2.24, 2.45) is 0 Å².